The Hall–Kier alpha value is -4.47. The van der Waals surface area contributed by atoms with E-state index in [9.17, 15) is 24.0 Å². The summed E-state index contributed by atoms with van der Waals surface area (Å²) in [6.07, 6.45) is 5.06. The number of halogens is 2. The molecule has 2 bridgehead atoms. The Labute approximate surface area is 268 Å². The summed E-state index contributed by atoms with van der Waals surface area (Å²) in [5, 5.41) is 2.14. The molecule has 1 saturated heterocycles. The molecule has 3 aromatic rings. The van der Waals surface area contributed by atoms with Crippen molar-refractivity contribution in [3.8, 4) is 11.5 Å². The maximum Gasteiger partial charge on any atom is 0.343 e. The molecule has 3 aromatic carbocycles. The van der Waals surface area contributed by atoms with E-state index in [1.54, 1.807) is 24.3 Å². The second-order valence-electron chi connectivity index (χ2n) is 11.7. The minimum absolute atomic E-state index is 0.0590. The lowest BCUT2D eigenvalue weighted by Gasteiger charge is -2.37. The van der Waals surface area contributed by atoms with Crippen LogP contribution in [0.4, 0.5) is 0 Å². The average molecular weight is 645 g/mol. The highest BCUT2D eigenvalue weighted by Crippen LogP contribution is 2.65. The molecule has 0 aromatic heterocycles. The fourth-order valence-corrected chi connectivity index (χ4v) is 7.34. The van der Waals surface area contributed by atoms with Gasteiger partial charge in [0.05, 0.1) is 34.6 Å². The lowest BCUT2D eigenvalue weighted by Crippen LogP contribution is -2.52. The topological polar surface area (TPSA) is 110 Å². The number of benzene rings is 3. The summed E-state index contributed by atoms with van der Waals surface area (Å²) in [5.41, 5.74) is 0.534. The zero-order valence-corrected chi connectivity index (χ0v) is 25.4. The van der Waals surface area contributed by atoms with E-state index in [0.29, 0.717) is 17.6 Å². The highest BCUT2D eigenvalue weighted by atomic mass is 35.5. The van der Waals surface area contributed by atoms with Gasteiger partial charge >= 0.3 is 5.97 Å². The van der Waals surface area contributed by atoms with Gasteiger partial charge in [-0.2, -0.15) is 5.01 Å². The molecule has 11 heteroatoms. The molecule has 0 spiro atoms. The van der Waals surface area contributed by atoms with E-state index in [2.05, 4.69) is 0 Å². The molecule has 45 heavy (non-hydrogen) atoms. The second kappa shape index (κ2) is 11.2. The summed E-state index contributed by atoms with van der Waals surface area (Å²) in [5.74, 6) is -2.64. The zero-order valence-electron chi connectivity index (χ0n) is 23.9. The Morgan fingerprint density at radius 3 is 2.07 bits per heavy atom. The number of amides is 3. The molecule has 0 N–H and O–H groups in total. The number of Topliss-reactive ketones (excluding diaryl/α,β-unsaturated/α-hetero) is 1. The van der Waals surface area contributed by atoms with Crippen molar-refractivity contribution in [3.05, 3.63) is 106 Å². The second-order valence-corrected chi connectivity index (χ2v) is 12.5. The summed E-state index contributed by atoms with van der Waals surface area (Å²) in [4.78, 5) is 67.9. The van der Waals surface area contributed by atoms with Crippen molar-refractivity contribution in [1.82, 2.24) is 10.0 Å². The molecule has 4 aliphatic carbocycles. The van der Waals surface area contributed by atoms with Crippen LogP contribution in [0.2, 0.25) is 10.0 Å². The van der Waals surface area contributed by atoms with Crippen LogP contribution >= 0.6 is 23.2 Å². The van der Waals surface area contributed by atoms with E-state index < -0.39 is 47.9 Å². The van der Waals surface area contributed by atoms with Gasteiger partial charge in [-0.25, -0.2) is 9.80 Å². The lowest BCUT2D eigenvalue weighted by molar-refractivity contribution is -0.154. The number of nitrogens with zero attached hydrogens (tertiary/aromatic N) is 2. The SMILES string of the molecule is COc1cccc(C(=O)Oc2ccc(C(=O)CN(C(=O)c3ccc(Cl)c(Cl)c3)N3C(=O)[C@@H]4[C@H]5C=C[C@@H]([C@@H]6C[C@@H]56)[C@H]4C3=O)cc2)c1. The number of carbonyl (C=O) groups is 5. The average Bonchev–Trinajstić information content (AvgIpc) is 3.84. The maximum absolute atomic E-state index is 13.9. The number of ketones is 1. The molecule has 0 radical (unpaired) electrons. The van der Waals surface area contributed by atoms with Crippen LogP contribution in [-0.2, 0) is 9.59 Å². The van der Waals surface area contributed by atoms with Gasteiger partial charge in [0.25, 0.3) is 17.7 Å². The monoisotopic (exact) mass is 644 g/mol. The molecule has 228 valence electrons. The molecule has 1 aliphatic heterocycles. The van der Waals surface area contributed by atoms with Crippen LogP contribution in [0, 0.1) is 35.5 Å². The van der Waals surface area contributed by atoms with Crippen molar-refractivity contribution < 1.29 is 33.4 Å². The fourth-order valence-electron chi connectivity index (χ4n) is 7.04. The number of hydrazine groups is 1. The first-order valence-corrected chi connectivity index (χ1v) is 15.2. The van der Waals surface area contributed by atoms with E-state index in [-0.39, 0.29) is 44.3 Å². The Balaban J connectivity index is 1.14. The number of allylic oxidation sites excluding steroid dienone is 2. The number of imide groups is 1. The third-order valence-corrected chi connectivity index (χ3v) is 10.0. The standard InChI is InChI=1S/C34H26Cl2N2O7/c1-44-21-4-2-3-19(13-21)34(43)45-20-8-5-17(6-9-20)28(39)16-37(31(40)18-7-12-26(35)27(36)14-18)38-32(41)29-22-10-11-23(25-15-24(22)25)30(29)33(38)42/h2-14,22-25,29-30H,15-16H2,1H3/t22-,23-,24-,25-,29+,30+/m0/s1. The molecular formula is C34H26Cl2N2O7. The zero-order chi connectivity index (χ0) is 31.6. The molecule has 3 fully saturated rings. The number of methoxy groups -OCH3 is 1. The van der Waals surface area contributed by atoms with Gasteiger partial charge in [0.15, 0.2) is 5.78 Å². The lowest BCUT2D eigenvalue weighted by atomic mass is 9.63. The molecule has 9 nitrogen and oxygen atoms in total. The van der Waals surface area contributed by atoms with Gasteiger partial charge in [-0.1, -0.05) is 41.4 Å². The van der Waals surface area contributed by atoms with Crippen molar-refractivity contribution in [2.45, 2.75) is 6.42 Å². The summed E-state index contributed by atoms with van der Waals surface area (Å²) in [7, 11) is 1.49. The maximum atomic E-state index is 13.9. The predicted molar refractivity (Wildman–Crippen MR) is 163 cm³/mol. The van der Waals surface area contributed by atoms with Gasteiger partial charge in [0, 0.05) is 11.1 Å². The van der Waals surface area contributed by atoms with Gasteiger partial charge < -0.3 is 9.47 Å². The van der Waals surface area contributed by atoms with Gasteiger partial charge in [-0.15, -0.1) is 0 Å². The molecule has 8 rings (SSSR count). The molecule has 3 amide bonds. The highest BCUT2D eigenvalue weighted by Gasteiger charge is 2.68. The van der Waals surface area contributed by atoms with Gasteiger partial charge in [-0.05, 0) is 90.8 Å². The van der Waals surface area contributed by atoms with Crippen LogP contribution < -0.4 is 9.47 Å². The Morgan fingerprint density at radius 1 is 0.800 bits per heavy atom. The number of hydrogen-bond donors (Lipinski definition) is 0. The number of ether oxygens (including phenoxy) is 2. The third-order valence-electron chi connectivity index (χ3n) is 9.27. The van der Waals surface area contributed by atoms with Crippen LogP contribution in [0.3, 0.4) is 0 Å². The third kappa shape index (κ3) is 5.00. The Bertz CT molecular complexity index is 1770. The van der Waals surface area contributed by atoms with Gasteiger partial charge in [0.2, 0.25) is 0 Å². The number of rotatable bonds is 8. The van der Waals surface area contributed by atoms with Crippen molar-refractivity contribution in [1.29, 1.82) is 0 Å². The summed E-state index contributed by atoms with van der Waals surface area (Å²) in [6.45, 7) is -0.589. The quantitative estimate of drug-likeness (QED) is 0.104. The van der Waals surface area contributed by atoms with Crippen molar-refractivity contribution in [2.75, 3.05) is 13.7 Å². The van der Waals surface area contributed by atoms with Crippen molar-refractivity contribution in [3.63, 3.8) is 0 Å². The molecule has 5 aliphatic rings. The van der Waals surface area contributed by atoms with Gasteiger partial charge in [-0.3, -0.25) is 19.2 Å². The summed E-state index contributed by atoms with van der Waals surface area (Å²) >= 11 is 12.2. The first kappa shape index (κ1) is 29.3. The van der Waals surface area contributed by atoms with Crippen LogP contribution in [0.5, 0.6) is 11.5 Å². The normalized spacial score (nSPS) is 25.4. The van der Waals surface area contributed by atoms with E-state index in [1.807, 2.05) is 12.2 Å². The van der Waals surface area contributed by atoms with Crippen LogP contribution in [0.15, 0.2) is 78.9 Å². The predicted octanol–water partition coefficient (Wildman–Crippen LogP) is 5.51. The molecular weight excluding hydrogens is 619 g/mol. The van der Waals surface area contributed by atoms with Crippen LogP contribution in [-0.4, -0.2) is 53.1 Å². The number of carbonyl (C=O) groups excluding carboxylic acids is 5. The Kier molecular flexibility index (Phi) is 7.25. The number of esters is 1. The van der Waals surface area contributed by atoms with Gasteiger partial charge in [0.1, 0.15) is 18.0 Å². The van der Waals surface area contributed by atoms with Crippen molar-refractivity contribution >= 4 is 52.7 Å². The molecule has 2 saturated carbocycles. The number of hydrogen-bond acceptors (Lipinski definition) is 7. The van der Waals surface area contributed by atoms with Crippen molar-refractivity contribution in [2.24, 2.45) is 35.5 Å². The summed E-state index contributed by atoms with van der Waals surface area (Å²) in [6, 6.07) is 16.5. The highest BCUT2D eigenvalue weighted by molar-refractivity contribution is 6.42. The van der Waals surface area contributed by atoms with Crippen LogP contribution in [0.1, 0.15) is 37.5 Å². The van der Waals surface area contributed by atoms with E-state index in [1.165, 1.54) is 49.6 Å². The first-order chi connectivity index (χ1) is 21.7. The molecule has 6 atom stereocenters. The van der Waals surface area contributed by atoms with E-state index in [4.69, 9.17) is 32.7 Å². The summed E-state index contributed by atoms with van der Waals surface area (Å²) < 4.78 is 10.6. The molecule has 0 unspecified atom stereocenters. The minimum atomic E-state index is -0.739. The van der Waals surface area contributed by atoms with E-state index >= 15 is 0 Å². The largest absolute Gasteiger partial charge is 0.497 e. The smallest absolute Gasteiger partial charge is 0.343 e. The van der Waals surface area contributed by atoms with Crippen LogP contribution in [0.25, 0.3) is 0 Å². The molecule has 1 heterocycles. The van der Waals surface area contributed by atoms with E-state index in [0.717, 1.165) is 16.4 Å². The minimum Gasteiger partial charge on any atom is -0.497 e. The fraction of sp³-hybridized carbons (Fsp3) is 0.265. The first-order valence-electron chi connectivity index (χ1n) is 14.5. The Morgan fingerprint density at radius 2 is 1.44 bits per heavy atom.